The first kappa shape index (κ1) is 45.2. The lowest BCUT2D eigenvalue weighted by Crippen LogP contribution is -2.67. The molecule has 79 heavy (non-hydrogen) atoms. The van der Waals surface area contributed by atoms with Crippen LogP contribution in [0.3, 0.4) is 0 Å². The van der Waals surface area contributed by atoms with E-state index in [2.05, 4.69) is 293 Å². The third-order valence-corrected chi connectivity index (χ3v) is 16.8. The molecule has 0 amide bonds. The lowest BCUT2D eigenvalue weighted by atomic mass is 9.31. The van der Waals surface area contributed by atoms with Gasteiger partial charge in [-0.05, 0) is 138 Å². The molecule has 7 heteroatoms. The van der Waals surface area contributed by atoms with Gasteiger partial charge in [0, 0.05) is 62.4 Å². The fraction of sp³-hybridized carbons (Fsp3) is 0. The zero-order valence-corrected chi connectivity index (χ0v) is 43.4. The van der Waals surface area contributed by atoms with E-state index in [1.54, 1.807) is 0 Å². The second kappa shape index (κ2) is 18.4. The van der Waals surface area contributed by atoms with Crippen molar-refractivity contribution in [1.82, 2.24) is 0 Å². The molecule has 0 saturated heterocycles. The summed E-state index contributed by atoms with van der Waals surface area (Å²) in [5.41, 5.74) is 32.8. The second-order valence-electron chi connectivity index (χ2n) is 21.3. The van der Waals surface area contributed by atoms with Crippen LogP contribution in [0.5, 0.6) is 0 Å². The van der Waals surface area contributed by atoms with Gasteiger partial charge < -0.3 is 20.4 Å². The summed E-state index contributed by atoms with van der Waals surface area (Å²) in [6.45, 7) is -0.0685. The van der Waals surface area contributed by atoms with Crippen LogP contribution in [0, 0.1) is 0 Å². The first-order valence-electron chi connectivity index (χ1n) is 27.5. The van der Waals surface area contributed by atoms with Crippen molar-refractivity contribution in [2.24, 2.45) is 0 Å². The highest BCUT2D eigenvalue weighted by atomic mass is 15.2. The minimum atomic E-state index is -0.0685. The van der Waals surface area contributed by atoms with E-state index in [-0.39, 0.29) is 6.71 Å². The van der Waals surface area contributed by atoms with Crippen molar-refractivity contribution >= 4 is 116 Å². The maximum absolute atomic E-state index is 4.00. The number of anilines is 10. The van der Waals surface area contributed by atoms with E-state index in [9.17, 15) is 0 Å². The molecule has 4 nitrogen and oxygen atoms in total. The van der Waals surface area contributed by atoms with Gasteiger partial charge in [0.25, 0.3) is 6.71 Å². The smallest absolute Gasteiger partial charge is 0.252 e. The molecule has 12 aromatic rings. The molecule has 0 radical (unpaired) electrons. The summed E-state index contributed by atoms with van der Waals surface area (Å²) in [5, 5.41) is 8.01. The number of nitrogens with one attached hydrogen (secondary N) is 2. The van der Waals surface area contributed by atoms with Crippen molar-refractivity contribution in [3.63, 3.8) is 0 Å². The Morgan fingerprint density at radius 3 is 1.01 bits per heavy atom. The van der Waals surface area contributed by atoms with E-state index in [1.807, 2.05) is 0 Å². The molecule has 16 rings (SSSR count). The highest BCUT2D eigenvalue weighted by Gasteiger charge is 2.50. The van der Waals surface area contributed by atoms with E-state index in [1.165, 1.54) is 122 Å². The second-order valence-corrected chi connectivity index (χ2v) is 21.3. The number of nitrogens with zero attached hydrogens (tertiary/aromatic N) is 2. The number of para-hydroxylation sites is 2. The molecule has 4 aliphatic rings. The maximum Gasteiger partial charge on any atom is 0.252 e. The molecular weight excluding hydrogens is 953 g/mol. The minimum absolute atomic E-state index is 0.0685. The normalized spacial score (nSPS) is 12.7. The summed E-state index contributed by atoms with van der Waals surface area (Å²) in [4.78, 5) is 5.37. The van der Waals surface area contributed by atoms with Crippen LogP contribution in [0.25, 0.3) is 55.6 Å². The van der Waals surface area contributed by atoms with Gasteiger partial charge in [-0.25, -0.2) is 0 Å². The van der Waals surface area contributed by atoms with E-state index in [0.717, 1.165) is 42.9 Å². The number of rotatable bonds is 9. The van der Waals surface area contributed by atoms with E-state index >= 15 is 0 Å². The number of hydrogen-bond acceptors (Lipinski definition) is 4. The average Bonchev–Trinajstić information content (AvgIpc) is 2.85. The van der Waals surface area contributed by atoms with Crippen molar-refractivity contribution in [3.05, 3.63) is 273 Å². The summed E-state index contributed by atoms with van der Waals surface area (Å²) in [6, 6.07) is 101. The van der Waals surface area contributed by atoms with Gasteiger partial charge in [-0.15, -0.1) is 0 Å². The Balaban J connectivity index is 1.06. The van der Waals surface area contributed by atoms with Crippen LogP contribution < -0.4 is 58.7 Å². The van der Waals surface area contributed by atoms with E-state index in [0.29, 0.717) is 0 Å². The lowest BCUT2D eigenvalue weighted by molar-refractivity contribution is 1.27. The Morgan fingerprint density at radius 2 is 0.633 bits per heavy atom. The SMILES string of the molecule is B1c2ccc(-c3ccccc3)cc2N2c3cc(-c4ccccc4)ccc3B3c4ccc(-c5ccccc5)cc4N4c5cc(-c6ccccc6)ccc5Bc5c(-c6c(Nc7ccccc7)cccc6Nc6ccccc6)c1c2c3c54. The van der Waals surface area contributed by atoms with Gasteiger partial charge >= 0.3 is 0 Å². The molecule has 12 aromatic carbocycles. The summed E-state index contributed by atoms with van der Waals surface area (Å²) >= 11 is 0. The zero-order valence-electron chi connectivity index (χ0n) is 43.4. The van der Waals surface area contributed by atoms with Gasteiger partial charge in [0.1, 0.15) is 0 Å². The van der Waals surface area contributed by atoms with Crippen molar-refractivity contribution in [3.8, 4) is 55.6 Å². The molecule has 0 spiro atoms. The highest BCUT2D eigenvalue weighted by Crippen LogP contribution is 2.50. The molecule has 0 aliphatic carbocycles. The van der Waals surface area contributed by atoms with Gasteiger partial charge in [-0.3, -0.25) is 0 Å². The fourth-order valence-electron chi connectivity index (χ4n) is 13.3. The third kappa shape index (κ3) is 7.41. The van der Waals surface area contributed by atoms with Crippen LogP contribution in [-0.2, 0) is 0 Å². The number of fused-ring (bicyclic) bond motifs is 10. The van der Waals surface area contributed by atoms with Crippen LogP contribution in [0.15, 0.2) is 273 Å². The minimum Gasteiger partial charge on any atom is -0.355 e. The lowest BCUT2D eigenvalue weighted by Gasteiger charge is -2.50. The van der Waals surface area contributed by atoms with Crippen LogP contribution in [-0.4, -0.2) is 21.3 Å². The van der Waals surface area contributed by atoms with E-state index in [4.69, 9.17) is 0 Å². The van der Waals surface area contributed by atoms with Crippen molar-refractivity contribution in [1.29, 1.82) is 0 Å². The molecule has 0 bridgehead atoms. The quantitative estimate of drug-likeness (QED) is 0.141. The molecule has 0 fully saturated rings. The topological polar surface area (TPSA) is 30.5 Å². The van der Waals surface area contributed by atoms with Crippen molar-refractivity contribution in [2.45, 2.75) is 0 Å². The van der Waals surface area contributed by atoms with Gasteiger partial charge in [-0.2, -0.15) is 0 Å². The van der Waals surface area contributed by atoms with Gasteiger partial charge in [0.2, 0.25) is 0 Å². The molecule has 4 aliphatic heterocycles. The molecule has 0 unspecified atom stereocenters. The Labute approximate surface area is 462 Å². The van der Waals surface area contributed by atoms with E-state index < -0.39 is 0 Å². The highest BCUT2D eigenvalue weighted by molar-refractivity contribution is 7.02. The molecular formula is C72H49B3N4. The monoisotopic (exact) mass is 1000 g/mol. The summed E-state index contributed by atoms with van der Waals surface area (Å²) in [6.07, 6.45) is 0. The summed E-state index contributed by atoms with van der Waals surface area (Å²) < 4.78 is 0. The van der Waals surface area contributed by atoms with Crippen molar-refractivity contribution < 1.29 is 0 Å². The maximum atomic E-state index is 4.00. The Bertz CT molecular complexity index is 4090. The zero-order chi connectivity index (χ0) is 52.0. The van der Waals surface area contributed by atoms with Crippen LogP contribution in [0.4, 0.5) is 56.9 Å². The Hall–Kier alpha value is -9.97. The molecule has 366 valence electrons. The third-order valence-electron chi connectivity index (χ3n) is 16.8. The molecule has 0 atom stereocenters. The summed E-state index contributed by atoms with van der Waals surface area (Å²) in [5.74, 6) is 0. The van der Waals surface area contributed by atoms with Gasteiger partial charge in [-0.1, -0.05) is 223 Å². The number of hydrogen-bond donors (Lipinski definition) is 2. The fourth-order valence-corrected chi connectivity index (χ4v) is 13.3. The van der Waals surface area contributed by atoms with Gasteiger partial charge in [0.05, 0.1) is 0 Å². The molecule has 0 saturated carbocycles. The predicted octanol–water partition coefficient (Wildman–Crippen LogP) is 13.0. The Morgan fingerprint density at radius 1 is 0.291 bits per heavy atom. The molecule has 2 N–H and O–H groups in total. The van der Waals surface area contributed by atoms with Crippen molar-refractivity contribution in [2.75, 3.05) is 20.4 Å². The molecule has 4 heterocycles. The average molecular weight is 1000 g/mol. The Kier molecular flexibility index (Phi) is 10.5. The predicted molar refractivity (Wildman–Crippen MR) is 340 cm³/mol. The van der Waals surface area contributed by atoms with Crippen LogP contribution in [0.1, 0.15) is 0 Å². The standard InChI is InChI=1S/C72H49B3N4/c1-7-20-46(21-8-1)50-34-38-56-62(42-50)78-64-44-52(48-24-11-3-12-25-48)36-40-58(64)75-59-41-37-53(49-26-13-4-14-27-49)45-65(59)79-63-43-51(47-22-9-2-10-23-47)35-39-57(63)74-69-67(68(73-56)71(78)70(75)72(69)79)66-60(76-54-28-15-5-16-29-54)32-19-33-61(66)77-55-30-17-6-18-31-55/h1-45,73-74,76-77H. The first-order valence-corrected chi connectivity index (χ1v) is 27.5. The summed E-state index contributed by atoms with van der Waals surface area (Å²) in [7, 11) is 1.49. The van der Waals surface area contributed by atoms with Crippen LogP contribution >= 0.6 is 0 Å². The van der Waals surface area contributed by atoms with Crippen LogP contribution in [0.2, 0.25) is 0 Å². The van der Waals surface area contributed by atoms with Gasteiger partial charge in [0.15, 0.2) is 14.6 Å². The largest absolute Gasteiger partial charge is 0.355 e. The first-order chi connectivity index (χ1) is 39.2. The number of benzene rings is 12. The molecule has 0 aromatic heterocycles.